The van der Waals surface area contributed by atoms with Crippen LogP contribution >= 0.6 is 0 Å². The third-order valence-corrected chi connectivity index (χ3v) is 5.29. The van der Waals surface area contributed by atoms with Gasteiger partial charge in [0.05, 0.1) is 0 Å². The monoisotopic (exact) mass is 306 g/mol. The number of amides is 1. The molecule has 1 aromatic heterocycles. The number of aromatic nitrogens is 4. The van der Waals surface area contributed by atoms with Gasteiger partial charge in [-0.15, -0.1) is 5.10 Å². The Hall–Kier alpha value is -1.50. The van der Waals surface area contributed by atoms with Crippen LogP contribution in [0.2, 0.25) is 0 Å². The molecule has 1 N–H and O–H groups in total. The second-order valence-corrected chi connectivity index (χ2v) is 6.48. The lowest BCUT2D eigenvalue weighted by Crippen LogP contribution is -2.52. The maximum absolute atomic E-state index is 12.9. The second-order valence-electron chi connectivity index (χ2n) is 6.48. The minimum absolute atomic E-state index is 0.0856. The van der Waals surface area contributed by atoms with Crippen molar-refractivity contribution in [1.29, 1.82) is 0 Å². The van der Waals surface area contributed by atoms with Gasteiger partial charge in [0.25, 0.3) is 0 Å². The first-order chi connectivity index (χ1) is 10.8. The molecule has 122 valence electrons. The molecule has 1 aliphatic carbocycles. The molecule has 2 heterocycles. The van der Waals surface area contributed by atoms with Gasteiger partial charge in [0.2, 0.25) is 5.91 Å². The summed E-state index contributed by atoms with van der Waals surface area (Å²) in [5, 5.41) is 14.7. The topological polar surface area (TPSA) is 75.9 Å². The van der Waals surface area contributed by atoms with Crippen molar-refractivity contribution < 1.29 is 4.79 Å². The summed E-state index contributed by atoms with van der Waals surface area (Å²) in [5.74, 6) is 0.0856. The van der Waals surface area contributed by atoms with Crippen LogP contribution in [0.1, 0.15) is 51.9 Å². The summed E-state index contributed by atoms with van der Waals surface area (Å²) < 4.78 is 1.67. The quantitative estimate of drug-likeness (QED) is 0.876. The van der Waals surface area contributed by atoms with Crippen molar-refractivity contribution in [1.82, 2.24) is 30.4 Å². The van der Waals surface area contributed by atoms with Crippen molar-refractivity contribution in [2.75, 3.05) is 19.6 Å². The molecule has 2 aliphatic rings. The molecule has 1 aromatic rings. The third-order valence-electron chi connectivity index (χ3n) is 5.29. The molecule has 7 nitrogen and oxygen atoms in total. The van der Waals surface area contributed by atoms with Gasteiger partial charge in [-0.25, -0.2) is 4.68 Å². The number of carbonyl (C=O) groups excluding carboxylic acids is 1. The van der Waals surface area contributed by atoms with Crippen molar-refractivity contribution in [3.63, 3.8) is 0 Å². The van der Waals surface area contributed by atoms with E-state index in [-0.39, 0.29) is 5.91 Å². The van der Waals surface area contributed by atoms with Crippen LogP contribution in [0.4, 0.5) is 0 Å². The normalized spacial score (nSPS) is 25.2. The van der Waals surface area contributed by atoms with Crippen LogP contribution in [0.25, 0.3) is 0 Å². The lowest BCUT2D eigenvalue weighted by molar-refractivity contribution is -0.132. The lowest BCUT2D eigenvalue weighted by atomic mass is 9.81. The minimum Gasteiger partial charge on any atom is -0.352 e. The van der Waals surface area contributed by atoms with Crippen LogP contribution < -0.4 is 5.32 Å². The highest BCUT2D eigenvalue weighted by Crippen LogP contribution is 2.34. The fraction of sp³-hybridized carbons (Fsp3) is 0.867. The molecule has 1 atom stereocenters. The standard InChI is InChI=1S/C15H26N6O/c1-2-20-10-6-7-13(20)11-16-14(22)15(8-4-3-5-9-15)21-12-17-18-19-21/h12-13H,2-11H2,1H3,(H,16,22)/t13-/m0/s1. The summed E-state index contributed by atoms with van der Waals surface area (Å²) in [5.41, 5.74) is -0.586. The van der Waals surface area contributed by atoms with Crippen molar-refractivity contribution >= 4 is 5.91 Å². The van der Waals surface area contributed by atoms with E-state index in [0.29, 0.717) is 6.04 Å². The van der Waals surface area contributed by atoms with Gasteiger partial charge < -0.3 is 5.32 Å². The number of rotatable bonds is 5. The Morgan fingerprint density at radius 3 is 2.82 bits per heavy atom. The Morgan fingerprint density at radius 2 is 2.14 bits per heavy atom. The molecule has 1 saturated carbocycles. The van der Waals surface area contributed by atoms with Gasteiger partial charge in [-0.3, -0.25) is 9.69 Å². The van der Waals surface area contributed by atoms with Gasteiger partial charge in [0.15, 0.2) is 0 Å². The number of hydrogen-bond acceptors (Lipinski definition) is 5. The van der Waals surface area contributed by atoms with Gasteiger partial charge in [0, 0.05) is 12.6 Å². The van der Waals surface area contributed by atoms with Crippen LogP contribution in [0.15, 0.2) is 6.33 Å². The van der Waals surface area contributed by atoms with Crippen LogP contribution in [0, 0.1) is 0 Å². The second kappa shape index (κ2) is 6.73. The zero-order valence-corrected chi connectivity index (χ0v) is 13.4. The van der Waals surface area contributed by atoms with E-state index in [1.54, 1.807) is 11.0 Å². The zero-order chi connectivity index (χ0) is 15.4. The van der Waals surface area contributed by atoms with Crippen molar-refractivity contribution in [3.8, 4) is 0 Å². The fourth-order valence-corrected chi connectivity index (χ4v) is 3.97. The van der Waals surface area contributed by atoms with E-state index >= 15 is 0 Å². The largest absolute Gasteiger partial charge is 0.352 e. The third kappa shape index (κ3) is 2.86. The lowest BCUT2D eigenvalue weighted by Gasteiger charge is -2.35. The predicted octanol–water partition coefficient (Wildman–Crippen LogP) is 0.933. The molecule has 0 aromatic carbocycles. The summed E-state index contributed by atoms with van der Waals surface area (Å²) in [6, 6.07) is 0.475. The number of likely N-dealkylation sites (tertiary alicyclic amines) is 1. The highest BCUT2D eigenvalue weighted by atomic mass is 16.2. The van der Waals surface area contributed by atoms with Crippen LogP contribution in [-0.2, 0) is 10.3 Å². The summed E-state index contributed by atoms with van der Waals surface area (Å²) in [7, 11) is 0. The van der Waals surface area contributed by atoms with E-state index in [4.69, 9.17) is 0 Å². The molecule has 1 amide bonds. The van der Waals surface area contributed by atoms with Crippen LogP contribution in [0.3, 0.4) is 0 Å². The van der Waals surface area contributed by atoms with E-state index in [1.165, 1.54) is 19.3 Å². The van der Waals surface area contributed by atoms with Crippen molar-refractivity contribution in [3.05, 3.63) is 6.33 Å². The molecule has 1 saturated heterocycles. The van der Waals surface area contributed by atoms with Gasteiger partial charge in [-0.05, 0) is 49.2 Å². The number of carbonyl (C=O) groups is 1. The number of nitrogens with one attached hydrogen (secondary N) is 1. The smallest absolute Gasteiger partial charge is 0.248 e. The number of nitrogens with zero attached hydrogens (tertiary/aromatic N) is 5. The summed E-state index contributed by atoms with van der Waals surface area (Å²) in [6.45, 7) is 5.12. The van der Waals surface area contributed by atoms with Crippen molar-refractivity contribution in [2.45, 2.75) is 63.5 Å². The van der Waals surface area contributed by atoms with Crippen LogP contribution in [-0.4, -0.2) is 56.7 Å². The molecule has 0 spiro atoms. The average Bonchev–Trinajstić information content (AvgIpc) is 3.24. The highest BCUT2D eigenvalue weighted by Gasteiger charge is 2.42. The highest BCUT2D eigenvalue weighted by molar-refractivity contribution is 5.84. The number of hydrogen-bond donors (Lipinski definition) is 1. The SMILES string of the molecule is CCN1CCC[C@H]1CNC(=O)C1(n2cnnn2)CCCCC1. The van der Waals surface area contributed by atoms with Gasteiger partial charge >= 0.3 is 0 Å². The predicted molar refractivity (Wildman–Crippen MR) is 82.2 cm³/mol. The summed E-state index contributed by atoms with van der Waals surface area (Å²) in [4.78, 5) is 15.4. The average molecular weight is 306 g/mol. The maximum Gasteiger partial charge on any atom is 0.248 e. The van der Waals surface area contributed by atoms with E-state index in [1.807, 2.05) is 0 Å². The molecule has 2 fully saturated rings. The van der Waals surface area contributed by atoms with E-state index < -0.39 is 5.54 Å². The molecule has 0 unspecified atom stereocenters. The Balaban J connectivity index is 1.68. The Kier molecular flexibility index (Phi) is 4.71. The van der Waals surface area contributed by atoms with Gasteiger partial charge in [0.1, 0.15) is 11.9 Å². The minimum atomic E-state index is -0.586. The summed E-state index contributed by atoms with van der Waals surface area (Å²) >= 11 is 0. The summed E-state index contributed by atoms with van der Waals surface area (Å²) in [6.07, 6.45) is 8.92. The van der Waals surface area contributed by atoms with Gasteiger partial charge in [-0.2, -0.15) is 0 Å². The first-order valence-electron chi connectivity index (χ1n) is 8.52. The molecular weight excluding hydrogens is 280 g/mol. The molecule has 3 rings (SSSR count). The molecule has 1 aliphatic heterocycles. The Labute approximate surface area is 131 Å². The first kappa shape index (κ1) is 15.4. The zero-order valence-electron chi connectivity index (χ0n) is 13.4. The van der Waals surface area contributed by atoms with Crippen molar-refractivity contribution in [2.24, 2.45) is 0 Å². The maximum atomic E-state index is 12.9. The number of tetrazole rings is 1. The van der Waals surface area contributed by atoms with Crippen LogP contribution in [0.5, 0.6) is 0 Å². The Bertz CT molecular complexity index is 482. The fourth-order valence-electron chi connectivity index (χ4n) is 3.97. The van der Waals surface area contributed by atoms with E-state index in [2.05, 4.69) is 32.7 Å². The van der Waals surface area contributed by atoms with E-state index in [0.717, 1.165) is 45.3 Å². The molecular formula is C15H26N6O. The Morgan fingerprint density at radius 1 is 1.32 bits per heavy atom. The van der Waals surface area contributed by atoms with Gasteiger partial charge in [-0.1, -0.05) is 26.2 Å². The molecule has 0 bridgehead atoms. The number of likely N-dealkylation sites (N-methyl/N-ethyl adjacent to an activating group) is 1. The van der Waals surface area contributed by atoms with E-state index in [9.17, 15) is 4.79 Å². The molecule has 7 heteroatoms. The first-order valence-corrected chi connectivity index (χ1v) is 8.52. The molecule has 22 heavy (non-hydrogen) atoms. The molecule has 0 radical (unpaired) electrons.